The molecule has 0 fully saturated rings. The second-order valence-electron chi connectivity index (χ2n) is 3.62. The predicted molar refractivity (Wildman–Crippen MR) is 60.7 cm³/mol. The lowest BCUT2D eigenvalue weighted by molar-refractivity contribution is 0.773. The second-order valence-corrected chi connectivity index (χ2v) is 3.62. The van der Waals surface area contributed by atoms with Gasteiger partial charge < -0.3 is 10.3 Å². The van der Waals surface area contributed by atoms with Gasteiger partial charge in [-0.25, -0.2) is 0 Å². The smallest absolute Gasteiger partial charge is 0.0716 e. The molecular formula is C11H16N4. The lowest BCUT2D eigenvalue weighted by atomic mass is 10.1. The van der Waals surface area contributed by atoms with Crippen molar-refractivity contribution in [3.63, 3.8) is 0 Å². The highest BCUT2D eigenvalue weighted by atomic mass is 15.1. The highest BCUT2D eigenvalue weighted by molar-refractivity contribution is 5.67. The molecule has 80 valence electrons. The average Bonchev–Trinajstić information content (AvgIpc) is 2.84. The van der Waals surface area contributed by atoms with Crippen molar-refractivity contribution in [3.05, 3.63) is 29.8 Å². The van der Waals surface area contributed by atoms with Crippen molar-refractivity contribution in [1.29, 1.82) is 0 Å². The minimum atomic E-state index is 0.946. The number of aromatic amines is 2. The molecule has 3 N–H and O–H groups in total. The molecule has 0 atom stereocenters. The van der Waals surface area contributed by atoms with Crippen LogP contribution in [0.2, 0.25) is 0 Å². The first kappa shape index (κ1) is 9.98. The summed E-state index contributed by atoms with van der Waals surface area (Å²) in [6.45, 7) is 3.00. The monoisotopic (exact) mass is 204 g/mol. The lowest BCUT2D eigenvalue weighted by Crippen LogP contribution is -2.11. The molecule has 2 heterocycles. The van der Waals surface area contributed by atoms with Crippen LogP contribution in [0, 0.1) is 6.92 Å². The van der Waals surface area contributed by atoms with Crippen LogP contribution in [-0.2, 0) is 6.42 Å². The number of nitrogens with zero attached hydrogens (tertiary/aromatic N) is 1. The fraction of sp³-hybridized carbons (Fsp3) is 0.364. The maximum atomic E-state index is 4.33. The van der Waals surface area contributed by atoms with Gasteiger partial charge in [0, 0.05) is 42.2 Å². The van der Waals surface area contributed by atoms with E-state index >= 15 is 0 Å². The Morgan fingerprint density at radius 3 is 3.00 bits per heavy atom. The van der Waals surface area contributed by atoms with E-state index in [0.717, 1.165) is 24.4 Å². The van der Waals surface area contributed by atoms with Crippen LogP contribution >= 0.6 is 0 Å². The minimum Gasteiger partial charge on any atom is -0.367 e. The molecule has 0 amide bonds. The molecule has 2 rings (SSSR count). The van der Waals surface area contributed by atoms with E-state index < -0.39 is 0 Å². The van der Waals surface area contributed by atoms with Gasteiger partial charge in [0.05, 0.1) is 5.69 Å². The van der Waals surface area contributed by atoms with E-state index in [9.17, 15) is 0 Å². The molecule has 0 bridgehead atoms. The summed E-state index contributed by atoms with van der Waals surface area (Å²) in [5, 5.41) is 10.5. The molecule has 4 heteroatoms. The van der Waals surface area contributed by atoms with Crippen LogP contribution in [0.25, 0.3) is 11.1 Å². The zero-order chi connectivity index (χ0) is 10.7. The van der Waals surface area contributed by atoms with Gasteiger partial charge in [-0.15, -0.1) is 0 Å². The van der Waals surface area contributed by atoms with Crippen molar-refractivity contribution < 1.29 is 0 Å². The number of rotatable bonds is 4. The fourth-order valence-corrected chi connectivity index (χ4v) is 1.77. The highest BCUT2D eigenvalue weighted by Gasteiger charge is 2.11. The standard InChI is InChI=1S/C11H16N4/c1-8-11(9-3-6-13-7-9)10(15-14-8)4-5-12-2/h3,6-7,12-13H,4-5H2,1-2H3,(H,14,15). The van der Waals surface area contributed by atoms with Gasteiger partial charge in [-0.2, -0.15) is 5.10 Å². The summed E-state index contributed by atoms with van der Waals surface area (Å²) in [6.07, 6.45) is 4.88. The van der Waals surface area contributed by atoms with Crippen molar-refractivity contribution in [2.24, 2.45) is 0 Å². The van der Waals surface area contributed by atoms with Crippen molar-refractivity contribution in [3.8, 4) is 11.1 Å². The lowest BCUT2D eigenvalue weighted by Gasteiger charge is -2.01. The Kier molecular flexibility index (Phi) is 2.87. The number of likely N-dealkylation sites (N-methyl/N-ethyl adjacent to an activating group) is 1. The fourth-order valence-electron chi connectivity index (χ4n) is 1.77. The Morgan fingerprint density at radius 1 is 1.47 bits per heavy atom. The number of hydrogen-bond acceptors (Lipinski definition) is 2. The van der Waals surface area contributed by atoms with Crippen molar-refractivity contribution in [2.75, 3.05) is 13.6 Å². The van der Waals surface area contributed by atoms with Crippen LogP contribution in [-0.4, -0.2) is 28.8 Å². The third-order valence-electron chi connectivity index (χ3n) is 2.52. The van der Waals surface area contributed by atoms with Gasteiger partial charge in [-0.1, -0.05) is 0 Å². The van der Waals surface area contributed by atoms with Gasteiger partial charge in [0.25, 0.3) is 0 Å². The number of aromatic nitrogens is 3. The molecule has 0 saturated carbocycles. The number of H-pyrrole nitrogens is 2. The SMILES string of the molecule is CNCCc1n[nH]c(C)c1-c1cc[nH]c1. The van der Waals surface area contributed by atoms with Gasteiger partial charge in [0.15, 0.2) is 0 Å². The Hall–Kier alpha value is -1.55. The van der Waals surface area contributed by atoms with Gasteiger partial charge >= 0.3 is 0 Å². The van der Waals surface area contributed by atoms with Crippen LogP contribution in [0.5, 0.6) is 0 Å². The van der Waals surface area contributed by atoms with E-state index in [-0.39, 0.29) is 0 Å². The predicted octanol–water partition coefficient (Wildman–Crippen LogP) is 1.48. The van der Waals surface area contributed by atoms with Crippen LogP contribution < -0.4 is 5.32 Å². The summed E-state index contributed by atoms with van der Waals surface area (Å²) in [5.41, 5.74) is 4.68. The molecule has 0 aliphatic heterocycles. The molecule has 0 saturated heterocycles. The van der Waals surface area contributed by atoms with Crippen LogP contribution in [0.4, 0.5) is 0 Å². The Morgan fingerprint density at radius 2 is 2.33 bits per heavy atom. The average molecular weight is 204 g/mol. The molecule has 0 aromatic carbocycles. The van der Waals surface area contributed by atoms with Crippen LogP contribution in [0.3, 0.4) is 0 Å². The third kappa shape index (κ3) is 1.94. The molecule has 0 aliphatic carbocycles. The van der Waals surface area contributed by atoms with E-state index in [0.29, 0.717) is 0 Å². The number of nitrogens with one attached hydrogen (secondary N) is 3. The van der Waals surface area contributed by atoms with E-state index in [1.807, 2.05) is 19.4 Å². The summed E-state index contributed by atoms with van der Waals surface area (Å²) in [6, 6.07) is 2.07. The molecular weight excluding hydrogens is 188 g/mol. The first-order valence-corrected chi connectivity index (χ1v) is 5.14. The highest BCUT2D eigenvalue weighted by Crippen LogP contribution is 2.25. The Labute approximate surface area is 89.1 Å². The molecule has 0 unspecified atom stereocenters. The summed E-state index contributed by atoms with van der Waals surface area (Å²) in [4.78, 5) is 3.07. The minimum absolute atomic E-state index is 0.946. The molecule has 4 nitrogen and oxygen atoms in total. The Bertz CT molecular complexity index is 414. The van der Waals surface area contributed by atoms with E-state index in [1.165, 1.54) is 11.1 Å². The summed E-state index contributed by atoms with van der Waals surface area (Å²) in [7, 11) is 1.95. The zero-order valence-electron chi connectivity index (χ0n) is 9.09. The van der Waals surface area contributed by atoms with Crippen molar-refractivity contribution in [2.45, 2.75) is 13.3 Å². The first-order valence-electron chi connectivity index (χ1n) is 5.14. The summed E-state index contributed by atoms with van der Waals surface area (Å²) in [5.74, 6) is 0. The van der Waals surface area contributed by atoms with Crippen molar-refractivity contribution in [1.82, 2.24) is 20.5 Å². The van der Waals surface area contributed by atoms with E-state index in [2.05, 4.69) is 33.5 Å². The quantitative estimate of drug-likeness (QED) is 0.706. The first-order chi connectivity index (χ1) is 7.33. The molecule has 2 aromatic rings. The van der Waals surface area contributed by atoms with Gasteiger partial charge in [0.1, 0.15) is 0 Å². The largest absolute Gasteiger partial charge is 0.367 e. The number of aryl methyl sites for hydroxylation is 1. The summed E-state index contributed by atoms with van der Waals surface area (Å²) < 4.78 is 0. The third-order valence-corrected chi connectivity index (χ3v) is 2.52. The molecule has 0 spiro atoms. The molecule has 2 aromatic heterocycles. The van der Waals surface area contributed by atoms with Gasteiger partial charge in [-0.3, -0.25) is 5.10 Å². The second kappa shape index (κ2) is 4.31. The zero-order valence-corrected chi connectivity index (χ0v) is 9.09. The Balaban J connectivity index is 2.32. The van der Waals surface area contributed by atoms with E-state index in [1.54, 1.807) is 0 Å². The normalized spacial score (nSPS) is 10.8. The van der Waals surface area contributed by atoms with Crippen LogP contribution in [0.15, 0.2) is 18.5 Å². The van der Waals surface area contributed by atoms with Gasteiger partial charge in [-0.05, 0) is 20.0 Å². The van der Waals surface area contributed by atoms with Crippen molar-refractivity contribution >= 4 is 0 Å². The van der Waals surface area contributed by atoms with Gasteiger partial charge in [0.2, 0.25) is 0 Å². The molecule has 15 heavy (non-hydrogen) atoms. The maximum absolute atomic E-state index is 4.33. The molecule has 0 radical (unpaired) electrons. The topological polar surface area (TPSA) is 56.5 Å². The van der Waals surface area contributed by atoms with Crippen LogP contribution in [0.1, 0.15) is 11.4 Å². The number of hydrogen-bond donors (Lipinski definition) is 3. The summed E-state index contributed by atoms with van der Waals surface area (Å²) >= 11 is 0. The maximum Gasteiger partial charge on any atom is 0.0716 e. The molecule has 0 aliphatic rings. The van der Waals surface area contributed by atoms with E-state index in [4.69, 9.17) is 0 Å².